The van der Waals surface area contributed by atoms with E-state index in [0.717, 1.165) is 5.56 Å². The molecule has 12 heteroatoms. The molecule has 2 rings (SSSR count). The first kappa shape index (κ1) is 28.8. The first-order valence-electron chi connectivity index (χ1n) is 11.5. The number of phenols is 1. The van der Waals surface area contributed by atoms with Gasteiger partial charge in [-0.3, -0.25) is 19.2 Å². The van der Waals surface area contributed by atoms with Crippen molar-refractivity contribution in [3.8, 4) is 5.75 Å². The fourth-order valence-electron chi connectivity index (χ4n) is 3.37. The number of nitrogens with two attached hydrogens (primary N) is 2. The SMILES string of the molecule is NC(=O)CC[C@H](N)C(=O)N[C@@H](Cc1ccccc1)C(=O)NCC(=O)N[C@@H](Cc1ccc(O)cc1)C(=O)O. The van der Waals surface area contributed by atoms with Gasteiger partial charge in [-0.15, -0.1) is 0 Å². The summed E-state index contributed by atoms with van der Waals surface area (Å²) < 4.78 is 0. The van der Waals surface area contributed by atoms with E-state index in [1.807, 2.05) is 0 Å². The largest absolute Gasteiger partial charge is 0.508 e. The number of carbonyl (C=O) groups excluding carboxylic acids is 4. The topological polar surface area (TPSA) is 214 Å². The van der Waals surface area contributed by atoms with E-state index in [-0.39, 0.29) is 31.4 Å². The monoisotopic (exact) mass is 513 g/mol. The van der Waals surface area contributed by atoms with Crippen LogP contribution >= 0.6 is 0 Å². The van der Waals surface area contributed by atoms with Crippen LogP contribution in [0.15, 0.2) is 54.6 Å². The van der Waals surface area contributed by atoms with Crippen molar-refractivity contribution in [3.05, 3.63) is 65.7 Å². The number of carbonyl (C=O) groups is 5. The normalized spacial score (nSPS) is 13.0. The smallest absolute Gasteiger partial charge is 0.326 e. The second-order valence-electron chi connectivity index (χ2n) is 8.41. The van der Waals surface area contributed by atoms with Crippen molar-refractivity contribution in [2.75, 3.05) is 6.54 Å². The van der Waals surface area contributed by atoms with Crippen LogP contribution in [0.1, 0.15) is 24.0 Å². The number of nitrogens with one attached hydrogen (secondary N) is 3. The number of hydrogen-bond acceptors (Lipinski definition) is 7. The lowest BCUT2D eigenvalue weighted by Crippen LogP contribution is -2.54. The minimum atomic E-state index is -1.27. The maximum Gasteiger partial charge on any atom is 0.326 e. The molecular weight excluding hydrogens is 482 g/mol. The molecule has 0 saturated heterocycles. The van der Waals surface area contributed by atoms with E-state index >= 15 is 0 Å². The maximum absolute atomic E-state index is 12.9. The molecule has 0 aromatic heterocycles. The van der Waals surface area contributed by atoms with Gasteiger partial charge in [-0.25, -0.2) is 4.79 Å². The third-order valence-corrected chi connectivity index (χ3v) is 5.39. The predicted molar refractivity (Wildman–Crippen MR) is 133 cm³/mol. The van der Waals surface area contributed by atoms with Crippen LogP contribution in [-0.2, 0) is 36.8 Å². The quantitative estimate of drug-likeness (QED) is 0.165. The van der Waals surface area contributed by atoms with E-state index in [2.05, 4.69) is 16.0 Å². The molecule has 0 radical (unpaired) electrons. The van der Waals surface area contributed by atoms with E-state index in [0.29, 0.717) is 5.56 Å². The third kappa shape index (κ3) is 10.4. The first-order valence-corrected chi connectivity index (χ1v) is 11.5. The number of aliphatic carboxylic acids is 1. The van der Waals surface area contributed by atoms with Gasteiger partial charge in [0.05, 0.1) is 12.6 Å². The van der Waals surface area contributed by atoms with Crippen LogP contribution < -0.4 is 27.4 Å². The molecule has 12 nitrogen and oxygen atoms in total. The number of phenolic OH excluding ortho intramolecular Hbond substituents is 1. The molecule has 0 aliphatic rings. The lowest BCUT2D eigenvalue weighted by Gasteiger charge is -2.21. The molecule has 198 valence electrons. The van der Waals surface area contributed by atoms with Crippen molar-refractivity contribution < 1.29 is 34.2 Å². The zero-order chi connectivity index (χ0) is 27.4. The van der Waals surface area contributed by atoms with E-state index in [9.17, 15) is 34.2 Å². The maximum atomic E-state index is 12.9. The molecule has 0 fully saturated rings. The Labute approximate surface area is 213 Å². The van der Waals surface area contributed by atoms with Gasteiger partial charge >= 0.3 is 5.97 Å². The Morgan fingerprint density at radius 1 is 0.811 bits per heavy atom. The predicted octanol–water partition coefficient (Wildman–Crippen LogP) is -1.06. The number of aromatic hydroxyl groups is 1. The number of benzene rings is 2. The average Bonchev–Trinajstić information content (AvgIpc) is 2.86. The van der Waals surface area contributed by atoms with Gasteiger partial charge in [-0.2, -0.15) is 0 Å². The van der Waals surface area contributed by atoms with Crippen LogP contribution in [0.2, 0.25) is 0 Å². The summed E-state index contributed by atoms with van der Waals surface area (Å²) in [4.78, 5) is 60.3. The summed E-state index contributed by atoms with van der Waals surface area (Å²) >= 11 is 0. The van der Waals surface area contributed by atoms with E-state index in [1.54, 1.807) is 30.3 Å². The van der Waals surface area contributed by atoms with Crippen LogP contribution in [0.25, 0.3) is 0 Å². The molecule has 0 aliphatic carbocycles. The Balaban J connectivity index is 1.99. The zero-order valence-corrected chi connectivity index (χ0v) is 20.1. The molecule has 0 aliphatic heterocycles. The van der Waals surface area contributed by atoms with Crippen LogP contribution in [-0.4, -0.2) is 64.5 Å². The number of rotatable bonds is 14. The minimum Gasteiger partial charge on any atom is -0.508 e. The van der Waals surface area contributed by atoms with E-state index in [1.165, 1.54) is 24.3 Å². The highest BCUT2D eigenvalue weighted by molar-refractivity contribution is 5.93. The summed E-state index contributed by atoms with van der Waals surface area (Å²) in [6, 6.07) is 11.3. The van der Waals surface area contributed by atoms with Gasteiger partial charge in [0.1, 0.15) is 17.8 Å². The van der Waals surface area contributed by atoms with Crippen LogP contribution in [0.3, 0.4) is 0 Å². The molecule has 3 atom stereocenters. The van der Waals surface area contributed by atoms with Gasteiger partial charge in [0.15, 0.2) is 0 Å². The van der Waals surface area contributed by atoms with Gasteiger partial charge in [0.25, 0.3) is 0 Å². The fourth-order valence-corrected chi connectivity index (χ4v) is 3.37. The zero-order valence-electron chi connectivity index (χ0n) is 20.1. The standard InChI is InChI=1S/C25H31N5O7/c26-18(10-11-21(27)32)23(34)30-19(12-15-4-2-1-3-5-15)24(35)28-14-22(33)29-20(25(36)37)13-16-6-8-17(31)9-7-16/h1-9,18-20,31H,10-14,26H2,(H2,27,32)(H,28,35)(H,29,33)(H,30,34)(H,36,37)/t18-,19-,20-/m0/s1. The van der Waals surface area contributed by atoms with Gasteiger partial charge in [0, 0.05) is 19.3 Å². The third-order valence-electron chi connectivity index (χ3n) is 5.39. The van der Waals surface area contributed by atoms with Gasteiger partial charge in [-0.05, 0) is 29.7 Å². The first-order chi connectivity index (χ1) is 17.5. The summed E-state index contributed by atoms with van der Waals surface area (Å²) in [6.45, 7) is -0.535. The lowest BCUT2D eigenvalue weighted by atomic mass is 10.0. The van der Waals surface area contributed by atoms with Crippen molar-refractivity contribution in [3.63, 3.8) is 0 Å². The van der Waals surface area contributed by atoms with Crippen molar-refractivity contribution >= 4 is 29.6 Å². The van der Waals surface area contributed by atoms with Crippen molar-refractivity contribution in [1.82, 2.24) is 16.0 Å². The Morgan fingerprint density at radius 3 is 2.00 bits per heavy atom. The summed E-state index contributed by atoms with van der Waals surface area (Å²) in [5.41, 5.74) is 12.2. The molecule has 9 N–H and O–H groups in total. The Bertz CT molecular complexity index is 1090. The van der Waals surface area contributed by atoms with E-state index in [4.69, 9.17) is 11.5 Å². The second-order valence-corrected chi connectivity index (χ2v) is 8.41. The molecule has 4 amide bonds. The van der Waals surface area contributed by atoms with Gasteiger partial charge in [-0.1, -0.05) is 42.5 Å². The van der Waals surface area contributed by atoms with Gasteiger partial charge < -0.3 is 37.6 Å². The summed E-state index contributed by atoms with van der Waals surface area (Å²) in [7, 11) is 0. The molecule has 2 aromatic carbocycles. The van der Waals surface area contributed by atoms with Crippen molar-refractivity contribution in [2.45, 2.75) is 43.8 Å². The highest BCUT2D eigenvalue weighted by Gasteiger charge is 2.26. The summed E-state index contributed by atoms with van der Waals surface area (Å²) in [6.07, 6.45) is -0.0353. The lowest BCUT2D eigenvalue weighted by molar-refractivity contribution is -0.141. The molecule has 0 unspecified atom stereocenters. The van der Waals surface area contributed by atoms with Gasteiger partial charge in [0.2, 0.25) is 23.6 Å². The molecular formula is C25H31N5O7. The number of carboxylic acids is 1. The summed E-state index contributed by atoms with van der Waals surface area (Å²) in [5, 5.41) is 26.1. The number of primary amides is 1. The number of carboxylic acid groups (broad SMARTS) is 1. The summed E-state index contributed by atoms with van der Waals surface area (Å²) in [5.74, 6) is -3.96. The van der Waals surface area contributed by atoms with Crippen molar-refractivity contribution in [2.24, 2.45) is 11.5 Å². The van der Waals surface area contributed by atoms with Crippen molar-refractivity contribution in [1.29, 1.82) is 0 Å². The molecule has 2 aromatic rings. The van der Waals surface area contributed by atoms with Crippen LogP contribution in [0, 0.1) is 0 Å². The second kappa shape index (κ2) is 14.2. The molecule has 0 heterocycles. The minimum absolute atomic E-state index is 0.000850. The average molecular weight is 514 g/mol. The Kier molecular flexibility index (Phi) is 11.0. The Morgan fingerprint density at radius 2 is 1.41 bits per heavy atom. The van der Waals surface area contributed by atoms with Crippen LogP contribution in [0.4, 0.5) is 0 Å². The highest BCUT2D eigenvalue weighted by Crippen LogP contribution is 2.11. The Hall–Kier alpha value is -4.45. The molecule has 0 saturated carbocycles. The molecule has 0 bridgehead atoms. The molecule has 0 spiro atoms. The van der Waals surface area contributed by atoms with Crippen LogP contribution in [0.5, 0.6) is 5.75 Å². The fraction of sp³-hybridized carbons (Fsp3) is 0.320. The molecule has 37 heavy (non-hydrogen) atoms. The number of amides is 4. The van der Waals surface area contributed by atoms with E-state index < -0.39 is 54.3 Å². The highest BCUT2D eigenvalue weighted by atomic mass is 16.4. The number of hydrogen-bond donors (Lipinski definition) is 7.